The lowest BCUT2D eigenvalue weighted by Gasteiger charge is -2.18. The van der Waals surface area contributed by atoms with E-state index in [2.05, 4.69) is 0 Å². The van der Waals surface area contributed by atoms with Crippen LogP contribution in [0.15, 0.2) is 18.2 Å². The third-order valence-corrected chi connectivity index (χ3v) is 2.61. The SMILES string of the molecule is Cc1ccc(OCC(CO)C(F)(F)F)cc1C. The Morgan fingerprint density at radius 2 is 1.88 bits per heavy atom. The molecule has 0 heterocycles. The van der Waals surface area contributed by atoms with E-state index in [-0.39, 0.29) is 0 Å². The van der Waals surface area contributed by atoms with Crippen molar-refractivity contribution in [3.05, 3.63) is 29.3 Å². The maximum Gasteiger partial charge on any atom is 0.397 e. The van der Waals surface area contributed by atoms with Gasteiger partial charge in [0.1, 0.15) is 18.3 Å². The first-order chi connectivity index (χ1) is 7.84. The van der Waals surface area contributed by atoms with E-state index in [9.17, 15) is 13.2 Å². The Balaban J connectivity index is 2.63. The number of rotatable bonds is 4. The van der Waals surface area contributed by atoms with E-state index in [1.807, 2.05) is 13.8 Å². The van der Waals surface area contributed by atoms with E-state index in [4.69, 9.17) is 9.84 Å². The summed E-state index contributed by atoms with van der Waals surface area (Å²) in [4.78, 5) is 0. The minimum atomic E-state index is -4.44. The average Bonchev–Trinajstić information content (AvgIpc) is 2.22. The Morgan fingerprint density at radius 1 is 1.24 bits per heavy atom. The molecule has 0 aliphatic heterocycles. The molecule has 5 heteroatoms. The number of hydrogen-bond donors (Lipinski definition) is 1. The highest BCUT2D eigenvalue weighted by Gasteiger charge is 2.39. The van der Waals surface area contributed by atoms with Crippen LogP contribution in [0.2, 0.25) is 0 Å². The van der Waals surface area contributed by atoms with Crippen molar-refractivity contribution in [2.75, 3.05) is 13.2 Å². The summed E-state index contributed by atoms with van der Waals surface area (Å²) in [7, 11) is 0. The molecule has 0 aromatic heterocycles. The van der Waals surface area contributed by atoms with Crippen LogP contribution in [0, 0.1) is 19.8 Å². The summed E-state index contributed by atoms with van der Waals surface area (Å²) >= 11 is 0. The van der Waals surface area contributed by atoms with Crippen molar-refractivity contribution in [3.63, 3.8) is 0 Å². The van der Waals surface area contributed by atoms with Gasteiger partial charge in [-0.3, -0.25) is 0 Å². The van der Waals surface area contributed by atoms with Crippen molar-refractivity contribution in [2.24, 2.45) is 5.92 Å². The highest BCUT2D eigenvalue weighted by molar-refractivity contribution is 5.33. The molecule has 0 radical (unpaired) electrons. The van der Waals surface area contributed by atoms with Crippen LogP contribution in [-0.2, 0) is 0 Å². The van der Waals surface area contributed by atoms with E-state index in [1.54, 1.807) is 18.2 Å². The summed E-state index contributed by atoms with van der Waals surface area (Å²) in [6.45, 7) is 2.23. The molecule has 0 spiro atoms. The topological polar surface area (TPSA) is 29.5 Å². The van der Waals surface area contributed by atoms with E-state index < -0.39 is 25.3 Å². The second-order valence-electron chi connectivity index (χ2n) is 3.98. The molecule has 0 amide bonds. The van der Waals surface area contributed by atoms with Gasteiger partial charge >= 0.3 is 6.18 Å². The van der Waals surface area contributed by atoms with Gasteiger partial charge in [-0.05, 0) is 37.1 Å². The van der Waals surface area contributed by atoms with Crippen molar-refractivity contribution >= 4 is 0 Å². The number of aliphatic hydroxyl groups excluding tert-OH is 1. The molecular formula is C12H15F3O2. The summed E-state index contributed by atoms with van der Waals surface area (Å²) in [5.74, 6) is -1.46. The normalized spacial score (nSPS) is 13.5. The smallest absolute Gasteiger partial charge is 0.397 e. The van der Waals surface area contributed by atoms with E-state index >= 15 is 0 Å². The third kappa shape index (κ3) is 3.93. The Kier molecular flexibility index (Phi) is 4.40. The zero-order valence-corrected chi connectivity index (χ0v) is 9.71. The van der Waals surface area contributed by atoms with E-state index in [1.165, 1.54) is 0 Å². The van der Waals surface area contributed by atoms with Gasteiger partial charge in [0.2, 0.25) is 0 Å². The number of halogens is 3. The first kappa shape index (κ1) is 13.8. The molecule has 1 unspecified atom stereocenters. The standard InChI is InChI=1S/C12H15F3O2/c1-8-3-4-11(5-9(8)2)17-7-10(6-16)12(13,14)15/h3-5,10,16H,6-7H2,1-2H3. The van der Waals surface area contributed by atoms with Crippen LogP contribution >= 0.6 is 0 Å². The number of benzene rings is 1. The first-order valence-corrected chi connectivity index (χ1v) is 5.22. The lowest BCUT2D eigenvalue weighted by molar-refractivity contribution is -0.190. The minimum absolute atomic E-state index is 0.385. The number of aryl methyl sites for hydroxylation is 2. The fourth-order valence-electron chi connectivity index (χ4n) is 1.25. The molecule has 0 aliphatic rings. The molecule has 2 nitrogen and oxygen atoms in total. The van der Waals surface area contributed by atoms with Gasteiger partial charge in [0.15, 0.2) is 0 Å². The van der Waals surface area contributed by atoms with Gasteiger partial charge in [-0.1, -0.05) is 6.07 Å². The molecule has 1 atom stereocenters. The molecular weight excluding hydrogens is 233 g/mol. The van der Waals surface area contributed by atoms with Crippen molar-refractivity contribution in [2.45, 2.75) is 20.0 Å². The van der Waals surface area contributed by atoms with Crippen molar-refractivity contribution in [1.29, 1.82) is 0 Å². The van der Waals surface area contributed by atoms with Crippen LogP contribution < -0.4 is 4.74 Å². The maximum absolute atomic E-state index is 12.3. The van der Waals surface area contributed by atoms with Crippen molar-refractivity contribution in [1.82, 2.24) is 0 Å². The lowest BCUT2D eigenvalue weighted by atomic mass is 10.1. The molecule has 0 saturated carbocycles. The molecule has 0 bridgehead atoms. The van der Waals surface area contributed by atoms with Crippen LogP contribution in [0.4, 0.5) is 13.2 Å². The van der Waals surface area contributed by atoms with Gasteiger partial charge in [0.05, 0.1) is 6.61 Å². The zero-order valence-electron chi connectivity index (χ0n) is 9.71. The maximum atomic E-state index is 12.3. The van der Waals surface area contributed by atoms with Gasteiger partial charge in [-0.15, -0.1) is 0 Å². The zero-order chi connectivity index (χ0) is 13.1. The molecule has 1 aromatic carbocycles. The van der Waals surface area contributed by atoms with Crippen molar-refractivity contribution < 1.29 is 23.0 Å². The van der Waals surface area contributed by atoms with Gasteiger partial charge in [0, 0.05) is 0 Å². The molecule has 1 aromatic rings. The second kappa shape index (κ2) is 5.40. The van der Waals surface area contributed by atoms with Gasteiger partial charge in [-0.2, -0.15) is 13.2 Å². The largest absolute Gasteiger partial charge is 0.493 e. The quantitative estimate of drug-likeness (QED) is 0.887. The molecule has 96 valence electrons. The monoisotopic (exact) mass is 248 g/mol. The summed E-state index contributed by atoms with van der Waals surface area (Å²) in [6, 6.07) is 5.08. The Bertz CT molecular complexity index is 375. The minimum Gasteiger partial charge on any atom is -0.493 e. The number of aliphatic hydroxyl groups is 1. The lowest BCUT2D eigenvalue weighted by Crippen LogP contribution is -2.31. The summed E-state index contributed by atoms with van der Waals surface area (Å²) in [6.07, 6.45) is -4.44. The van der Waals surface area contributed by atoms with Crippen molar-refractivity contribution in [3.8, 4) is 5.75 Å². The highest BCUT2D eigenvalue weighted by atomic mass is 19.4. The van der Waals surface area contributed by atoms with Crippen LogP contribution in [-0.4, -0.2) is 24.5 Å². The molecule has 17 heavy (non-hydrogen) atoms. The van der Waals surface area contributed by atoms with Crippen LogP contribution in [0.5, 0.6) is 5.75 Å². The molecule has 1 N–H and O–H groups in total. The molecule has 0 fully saturated rings. The van der Waals surface area contributed by atoms with E-state index in [0.29, 0.717) is 5.75 Å². The number of hydrogen-bond acceptors (Lipinski definition) is 2. The molecule has 0 saturated heterocycles. The molecule has 0 aliphatic carbocycles. The first-order valence-electron chi connectivity index (χ1n) is 5.22. The predicted molar refractivity (Wildman–Crippen MR) is 58.0 cm³/mol. The van der Waals surface area contributed by atoms with Gasteiger partial charge < -0.3 is 9.84 Å². The van der Waals surface area contributed by atoms with Crippen LogP contribution in [0.25, 0.3) is 0 Å². The van der Waals surface area contributed by atoms with E-state index in [0.717, 1.165) is 11.1 Å². The highest BCUT2D eigenvalue weighted by Crippen LogP contribution is 2.27. The molecule has 1 rings (SSSR count). The Labute approximate surface area is 98.0 Å². The number of ether oxygens (including phenoxy) is 1. The summed E-state index contributed by atoms with van der Waals surface area (Å²) < 4.78 is 42.0. The third-order valence-electron chi connectivity index (χ3n) is 2.61. The fraction of sp³-hybridized carbons (Fsp3) is 0.500. The Hall–Kier alpha value is -1.23. The Morgan fingerprint density at radius 3 is 2.35 bits per heavy atom. The summed E-state index contributed by atoms with van der Waals surface area (Å²) in [5.41, 5.74) is 2.00. The summed E-state index contributed by atoms with van der Waals surface area (Å²) in [5, 5.41) is 8.64. The van der Waals surface area contributed by atoms with Gasteiger partial charge in [0.25, 0.3) is 0 Å². The van der Waals surface area contributed by atoms with Crippen LogP contribution in [0.1, 0.15) is 11.1 Å². The second-order valence-corrected chi connectivity index (χ2v) is 3.98. The average molecular weight is 248 g/mol. The predicted octanol–water partition coefficient (Wildman–Crippen LogP) is 2.85. The number of alkyl halides is 3. The fourth-order valence-corrected chi connectivity index (χ4v) is 1.25. The van der Waals surface area contributed by atoms with Gasteiger partial charge in [-0.25, -0.2) is 0 Å². The van der Waals surface area contributed by atoms with Crippen LogP contribution in [0.3, 0.4) is 0 Å².